The molecular formula is C12H16FN. The molecule has 1 N–H and O–H groups in total. The lowest BCUT2D eigenvalue weighted by Crippen LogP contribution is -2.14. The van der Waals surface area contributed by atoms with E-state index in [1.807, 2.05) is 18.2 Å². The standard InChI is InChI=1S/C12H16FN/c1-9-4-5-10(8-13)7-11(9)12-3-2-6-14-12/h4-5,7,12,14H,2-3,6,8H2,1H3. The van der Waals surface area contributed by atoms with Gasteiger partial charge in [0.25, 0.3) is 0 Å². The third-order valence-corrected chi connectivity index (χ3v) is 2.93. The average Bonchev–Trinajstić information content (AvgIpc) is 2.71. The maximum atomic E-state index is 12.5. The van der Waals surface area contributed by atoms with Crippen LogP contribution in [0.5, 0.6) is 0 Å². The third kappa shape index (κ3) is 1.80. The summed E-state index contributed by atoms with van der Waals surface area (Å²) in [6, 6.07) is 6.33. The van der Waals surface area contributed by atoms with Gasteiger partial charge >= 0.3 is 0 Å². The van der Waals surface area contributed by atoms with Crippen LogP contribution in [0, 0.1) is 6.92 Å². The molecule has 0 aliphatic carbocycles. The molecule has 0 radical (unpaired) electrons. The molecule has 1 nitrogen and oxygen atoms in total. The quantitative estimate of drug-likeness (QED) is 0.761. The number of nitrogens with one attached hydrogen (secondary N) is 1. The largest absolute Gasteiger partial charge is 0.310 e. The van der Waals surface area contributed by atoms with Gasteiger partial charge in [-0.1, -0.05) is 18.2 Å². The smallest absolute Gasteiger partial charge is 0.115 e. The number of hydrogen-bond donors (Lipinski definition) is 1. The van der Waals surface area contributed by atoms with Crippen LogP contribution in [0.15, 0.2) is 18.2 Å². The molecule has 1 atom stereocenters. The summed E-state index contributed by atoms with van der Waals surface area (Å²) >= 11 is 0. The van der Waals surface area contributed by atoms with Crippen molar-refractivity contribution < 1.29 is 4.39 Å². The zero-order valence-electron chi connectivity index (χ0n) is 8.52. The maximum absolute atomic E-state index is 12.5. The highest BCUT2D eigenvalue weighted by molar-refractivity contribution is 5.33. The fourth-order valence-electron chi connectivity index (χ4n) is 2.10. The van der Waals surface area contributed by atoms with E-state index in [-0.39, 0.29) is 6.67 Å². The lowest BCUT2D eigenvalue weighted by molar-refractivity contribution is 0.484. The first-order valence-electron chi connectivity index (χ1n) is 5.20. The number of hydrogen-bond acceptors (Lipinski definition) is 1. The summed E-state index contributed by atoms with van der Waals surface area (Å²) in [5.74, 6) is 0. The molecule has 1 aromatic rings. The van der Waals surface area contributed by atoms with Gasteiger partial charge in [0.05, 0.1) is 0 Å². The summed E-state index contributed by atoms with van der Waals surface area (Å²) in [5, 5.41) is 3.44. The highest BCUT2D eigenvalue weighted by Crippen LogP contribution is 2.26. The molecule has 0 aromatic heterocycles. The number of halogens is 1. The van der Waals surface area contributed by atoms with Crippen molar-refractivity contribution in [1.29, 1.82) is 0 Å². The van der Waals surface area contributed by atoms with Crippen molar-refractivity contribution in [2.24, 2.45) is 0 Å². The molecule has 0 amide bonds. The Balaban J connectivity index is 2.29. The minimum Gasteiger partial charge on any atom is -0.310 e. The summed E-state index contributed by atoms with van der Waals surface area (Å²) in [6.45, 7) is 2.82. The van der Waals surface area contributed by atoms with E-state index in [1.54, 1.807) is 0 Å². The molecule has 14 heavy (non-hydrogen) atoms. The molecule has 1 unspecified atom stereocenters. The summed E-state index contributed by atoms with van der Waals surface area (Å²) in [4.78, 5) is 0. The van der Waals surface area contributed by atoms with E-state index in [0.29, 0.717) is 6.04 Å². The molecular weight excluding hydrogens is 177 g/mol. The third-order valence-electron chi connectivity index (χ3n) is 2.93. The zero-order chi connectivity index (χ0) is 9.97. The van der Waals surface area contributed by atoms with E-state index in [2.05, 4.69) is 12.2 Å². The van der Waals surface area contributed by atoms with Crippen LogP contribution in [0.2, 0.25) is 0 Å². The van der Waals surface area contributed by atoms with Gasteiger partial charge < -0.3 is 5.32 Å². The fourth-order valence-corrected chi connectivity index (χ4v) is 2.10. The second-order valence-corrected chi connectivity index (χ2v) is 3.97. The molecule has 76 valence electrons. The molecule has 0 spiro atoms. The highest BCUT2D eigenvalue weighted by atomic mass is 19.1. The molecule has 1 aliphatic rings. The normalized spacial score (nSPS) is 21.4. The van der Waals surface area contributed by atoms with E-state index < -0.39 is 0 Å². The summed E-state index contributed by atoms with van der Waals surface area (Å²) in [7, 11) is 0. The van der Waals surface area contributed by atoms with Gasteiger partial charge in [0, 0.05) is 6.04 Å². The number of rotatable bonds is 2. The van der Waals surface area contributed by atoms with Crippen molar-refractivity contribution in [2.75, 3.05) is 6.54 Å². The number of alkyl halides is 1. The predicted molar refractivity (Wildman–Crippen MR) is 56.0 cm³/mol. The molecule has 2 heteroatoms. The van der Waals surface area contributed by atoms with Gasteiger partial charge in [-0.25, -0.2) is 4.39 Å². The second-order valence-electron chi connectivity index (χ2n) is 3.97. The summed E-state index contributed by atoms with van der Waals surface area (Å²) in [5.41, 5.74) is 3.33. The first-order valence-corrected chi connectivity index (χ1v) is 5.20. The minimum absolute atomic E-state index is 0.361. The van der Waals surface area contributed by atoms with E-state index >= 15 is 0 Å². The molecule has 1 heterocycles. The van der Waals surface area contributed by atoms with Crippen LogP contribution in [0.4, 0.5) is 4.39 Å². The van der Waals surface area contributed by atoms with Gasteiger partial charge in [0.15, 0.2) is 0 Å². The Morgan fingerprint density at radius 1 is 1.50 bits per heavy atom. The van der Waals surface area contributed by atoms with E-state index in [0.717, 1.165) is 12.1 Å². The van der Waals surface area contributed by atoms with Crippen LogP contribution in [-0.2, 0) is 6.67 Å². The maximum Gasteiger partial charge on any atom is 0.115 e. The van der Waals surface area contributed by atoms with Crippen LogP contribution in [-0.4, -0.2) is 6.54 Å². The molecule has 0 saturated carbocycles. The average molecular weight is 193 g/mol. The lowest BCUT2D eigenvalue weighted by atomic mass is 9.98. The van der Waals surface area contributed by atoms with Gasteiger partial charge in [-0.3, -0.25) is 0 Å². The van der Waals surface area contributed by atoms with Gasteiger partial charge in [0.1, 0.15) is 6.67 Å². The van der Waals surface area contributed by atoms with Crippen LogP contribution in [0.25, 0.3) is 0 Å². The number of benzene rings is 1. The molecule has 1 fully saturated rings. The van der Waals surface area contributed by atoms with E-state index in [1.165, 1.54) is 24.0 Å². The summed E-state index contributed by atoms with van der Waals surface area (Å²) in [6.07, 6.45) is 2.40. The first kappa shape index (κ1) is 9.66. The Hall–Kier alpha value is -0.890. The molecule has 0 bridgehead atoms. The van der Waals surface area contributed by atoms with Crippen LogP contribution in [0.1, 0.15) is 35.6 Å². The number of aryl methyl sites for hydroxylation is 1. The van der Waals surface area contributed by atoms with Crippen LogP contribution in [0.3, 0.4) is 0 Å². The minimum atomic E-state index is -0.361. The first-order chi connectivity index (χ1) is 6.81. The fraction of sp³-hybridized carbons (Fsp3) is 0.500. The van der Waals surface area contributed by atoms with Crippen LogP contribution >= 0.6 is 0 Å². The SMILES string of the molecule is Cc1ccc(CF)cc1C1CCCN1. The Kier molecular flexibility index (Phi) is 2.82. The Labute approximate surface area is 84.3 Å². The van der Waals surface area contributed by atoms with Crippen molar-refractivity contribution in [1.82, 2.24) is 5.32 Å². The predicted octanol–water partition coefficient (Wildman–Crippen LogP) is 2.89. The van der Waals surface area contributed by atoms with Gasteiger partial charge in [0.2, 0.25) is 0 Å². The summed E-state index contributed by atoms with van der Waals surface area (Å²) < 4.78 is 12.5. The Morgan fingerprint density at radius 3 is 3.00 bits per heavy atom. The van der Waals surface area contributed by atoms with Crippen molar-refractivity contribution in [2.45, 2.75) is 32.5 Å². The molecule has 1 saturated heterocycles. The zero-order valence-corrected chi connectivity index (χ0v) is 8.52. The molecule has 1 aliphatic heterocycles. The van der Waals surface area contributed by atoms with E-state index in [9.17, 15) is 4.39 Å². The topological polar surface area (TPSA) is 12.0 Å². The van der Waals surface area contributed by atoms with Gasteiger partial charge in [-0.05, 0) is 43.0 Å². The monoisotopic (exact) mass is 193 g/mol. The van der Waals surface area contributed by atoms with Crippen molar-refractivity contribution >= 4 is 0 Å². The van der Waals surface area contributed by atoms with Crippen molar-refractivity contribution in [3.05, 3.63) is 34.9 Å². The van der Waals surface area contributed by atoms with Crippen molar-refractivity contribution in [3.8, 4) is 0 Å². The van der Waals surface area contributed by atoms with Crippen molar-refractivity contribution in [3.63, 3.8) is 0 Å². The second kappa shape index (κ2) is 4.09. The van der Waals surface area contributed by atoms with Crippen LogP contribution < -0.4 is 5.32 Å². The Morgan fingerprint density at radius 2 is 2.36 bits per heavy atom. The highest BCUT2D eigenvalue weighted by Gasteiger charge is 2.17. The lowest BCUT2D eigenvalue weighted by Gasteiger charge is -2.14. The Bertz CT molecular complexity index is 316. The molecule has 1 aromatic carbocycles. The molecule has 2 rings (SSSR count). The van der Waals surface area contributed by atoms with Gasteiger partial charge in [-0.2, -0.15) is 0 Å². The van der Waals surface area contributed by atoms with Gasteiger partial charge in [-0.15, -0.1) is 0 Å². The van der Waals surface area contributed by atoms with E-state index in [4.69, 9.17) is 0 Å².